The standard InChI is InChI=1S/C16H18N4O/c1-12-5-4-6-13(9-12)11-21-15-8-3-2-7-14(15)10-19-20-16(17)18/h2-10H,11H2,1H3,(H4,17,18,20)/b19-10+. The topological polar surface area (TPSA) is 86.0 Å². The molecule has 0 atom stereocenters. The van der Waals surface area contributed by atoms with Crippen LogP contribution in [0.2, 0.25) is 0 Å². The lowest BCUT2D eigenvalue weighted by Crippen LogP contribution is -2.21. The van der Waals surface area contributed by atoms with Gasteiger partial charge in [0.15, 0.2) is 0 Å². The minimum Gasteiger partial charge on any atom is -0.488 e. The van der Waals surface area contributed by atoms with Gasteiger partial charge in [-0.3, -0.25) is 0 Å². The van der Waals surface area contributed by atoms with Crippen LogP contribution in [0.1, 0.15) is 16.7 Å². The minimum absolute atomic E-state index is 0.0792. The number of para-hydroxylation sites is 1. The molecule has 0 fully saturated rings. The summed E-state index contributed by atoms with van der Waals surface area (Å²) in [5.41, 5.74) is 13.6. The molecule has 2 aromatic rings. The van der Waals surface area contributed by atoms with Crippen LogP contribution in [0.15, 0.2) is 58.7 Å². The highest BCUT2D eigenvalue weighted by molar-refractivity contribution is 5.84. The molecule has 5 heteroatoms. The summed E-state index contributed by atoms with van der Waals surface area (Å²) in [4.78, 5) is 0. The summed E-state index contributed by atoms with van der Waals surface area (Å²) in [6.07, 6.45) is 1.56. The summed E-state index contributed by atoms with van der Waals surface area (Å²) in [7, 11) is 0. The van der Waals surface area contributed by atoms with Gasteiger partial charge in [-0.15, -0.1) is 5.10 Å². The van der Waals surface area contributed by atoms with Crippen LogP contribution < -0.4 is 16.2 Å². The van der Waals surface area contributed by atoms with Crippen molar-refractivity contribution >= 4 is 12.2 Å². The molecule has 0 aliphatic carbocycles. The quantitative estimate of drug-likeness (QED) is 0.500. The van der Waals surface area contributed by atoms with E-state index in [9.17, 15) is 0 Å². The molecule has 0 heterocycles. The third-order valence-corrected chi connectivity index (χ3v) is 2.77. The van der Waals surface area contributed by atoms with Crippen molar-refractivity contribution in [2.75, 3.05) is 0 Å². The molecule has 2 aromatic carbocycles. The average molecular weight is 282 g/mol. The van der Waals surface area contributed by atoms with Crippen LogP contribution in [0.3, 0.4) is 0 Å². The summed E-state index contributed by atoms with van der Waals surface area (Å²) >= 11 is 0. The summed E-state index contributed by atoms with van der Waals surface area (Å²) < 4.78 is 5.83. The molecule has 21 heavy (non-hydrogen) atoms. The van der Waals surface area contributed by atoms with Crippen LogP contribution >= 0.6 is 0 Å². The van der Waals surface area contributed by atoms with Crippen molar-refractivity contribution in [3.8, 4) is 5.75 Å². The fourth-order valence-corrected chi connectivity index (χ4v) is 1.84. The first-order chi connectivity index (χ1) is 10.1. The number of rotatable bonds is 5. The highest BCUT2D eigenvalue weighted by Gasteiger charge is 2.01. The molecule has 4 N–H and O–H groups in total. The number of hydrogen-bond acceptors (Lipinski definition) is 3. The number of nitrogens with zero attached hydrogens (tertiary/aromatic N) is 2. The van der Waals surface area contributed by atoms with E-state index in [1.54, 1.807) is 6.21 Å². The van der Waals surface area contributed by atoms with E-state index in [1.165, 1.54) is 5.56 Å². The van der Waals surface area contributed by atoms with E-state index >= 15 is 0 Å². The Hall–Kier alpha value is -2.82. The zero-order valence-corrected chi connectivity index (χ0v) is 11.9. The highest BCUT2D eigenvalue weighted by Crippen LogP contribution is 2.18. The van der Waals surface area contributed by atoms with Crippen LogP contribution in [0.25, 0.3) is 0 Å². The van der Waals surface area contributed by atoms with Crippen molar-refractivity contribution in [2.45, 2.75) is 13.5 Å². The molecule has 2 rings (SSSR count). The lowest BCUT2D eigenvalue weighted by atomic mass is 10.1. The lowest BCUT2D eigenvalue weighted by molar-refractivity contribution is 0.305. The van der Waals surface area contributed by atoms with Crippen LogP contribution in [0.4, 0.5) is 0 Å². The smallest absolute Gasteiger partial charge is 0.211 e. The average Bonchev–Trinajstić information content (AvgIpc) is 2.46. The zero-order valence-electron chi connectivity index (χ0n) is 11.9. The van der Waals surface area contributed by atoms with E-state index in [1.807, 2.05) is 36.4 Å². The number of hydrogen-bond donors (Lipinski definition) is 2. The molecule has 0 bridgehead atoms. The summed E-state index contributed by atoms with van der Waals surface area (Å²) in [5, 5.41) is 7.38. The Balaban J connectivity index is 2.10. The third-order valence-electron chi connectivity index (χ3n) is 2.77. The zero-order chi connectivity index (χ0) is 15.1. The van der Waals surface area contributed by atoms with Gasteiger partial charge in [-0.25, -0.2) is 0 Å². The second-order valence-electron chi connectivity index (χ2n) is 4.58. The largest absolute Gasteiger partial charge is 0.488 e. The Morgan fingerprint density at radius 3 is 2.71 bits per heavy atom. The Labute approximate surface area is 124 Å². The monoisotopic (exact) mass is 282 g/mol. The second kappa shape index (κ2) is 7.09. The first-order valence-corrected chi connectivity index (χ1v) is 6.54. The molecular formula is C16H18N4O. The van der Waals surface area contributed by atoms with Gasteiger partial charge in [-0.05, 0) is 24.6 Å². The van der Waals surface area contributed by atoms with Crippen molar-refractivity contribution in [3.05, 3.63) is 65.2 Å². The summed E-state index contributed by atoms with van der Waals surface area (Å²) in [5.74, 6) is 0.651. The van der Waals surface area contributed by atoms with Gasteiger partial charge in [0.1, 0.15) is 12.4 Å². The maximum Gasteiger partial charge on any atom is 0.211 e. The number of guanidine groups is 1. The van der Waals surface area contributed by atoms with Gasteiger partial charge in [0.25, 0.3) is 0 Å². The van der Waals surface area contributed by atoms with Gasteiger partial charge in [0, 0.05) is 5.56 Å². The van der Waals surface area contributed by atoms with Crippen LogP contribution in [-0.4, -0.2) is 12.2 Å². The Morgan fingerprint density at radius 1 is 1.14 bits per heavy atom. The number of nitrogens with two attached hydrogens (primary N) is 2. The van der Waals surface area contributed by atoms with Gasteiger partial charge in [-0.2, -0.15) is 5.10 Å². The second-order valence-corrected chi connectivity index (χ2v) is 4.58. The van der Waals surface area contributed by atoms with Crippen molar-refractivity contribution in [3.63, 3.8) is 0 Å². The lowest BCUT2D eigenvalue weighted by Gasteiger charge is -2.09. The molecule has 0 saturated carbocycles. The van der Waals surface area contributed by atoms with E-state index in [4.69, 9.17) is 16.2 Å². The van der Waals surface area contributed by atoms with Crippen molar-refractivity contribution in [1.82, 2.24) is 0 Å². The first kappa shape index (κ1) is 14.6. The van der Waals surface area contributed by atoms with Gasteiger partial charge in [0.05, 0.1) is 6.21 Å². The van der Waals surface area contributed by atoms with Crippen LogP contribution in [0, 0.1) is 6.92 Å². The first-order valence-electron chi connectivity index (χ1n) is 6.54. The predicted molar refractivity (Wildman–Crippen MR) is 85.4 cm³/mol. The molecule has 0 unspecified atom stereocenters. The normalized spacial score (nSPS) is 10.5. The molecule has 0 spiro atoms. The summed E-state index contributed by atoms with van der Waals surface area (Å²) in [6.45, 7) is 2.55. The van der Waals surface area contributed by atoms with Crippen molar-refractivity contribution in [1.29, 1.82) is 0 Å². The SMILES string of the molecule is Cc1cccc(COc2ccccc2/C=N/N=C(N)N)c1. The van der Waals surface area contributed by atoms with Gasteiger partial charge in [0.2, 0.25) is 5.96 Å². The fourth-order valence-electron chi connectivity index (χ4n) is 1.84. The van der Waals surface area contributed by atoms with Crippen LogP contribution in [-0.2, 0) is 6.61 Å². The molecular weight excluding hydrogens is 264 g/mol. The minimum atomic E-state index is -0.0792. The number of benzene rings is 2. The number of aryl methyl sites for hydroxylation is 1. The molecule has 108 valence electrons. The van der Waals surface area contributed by atoms with Gasteiger partial charge < -0.3 is 16.2 Å². The molecule has 0 aliphatic rings. The molecule has 0 saturated heterocycles. The maximum atomic E-state index is 5.83. The van der Waals surface area contributed by atoms with E-state index in [0.29, 0.717) is 6.61 Å². The van der Waals surface area contributed by atoms with Crippen LogP contribution in [0.5, 0.6) is 5.75 Å². The van der Waals surface area contributed by atoms with E-state index in [2.05, 4.69) is 29.3 Å². The van der Waals surface area contributed by atoms with Crippen molar-refractivity contribution < 1.29 is 4.74 Å². The van der Waals surface area contributed by atoms with Gasteiger partial charge in [-0.1, -0.05) is 42.0 Å². The Kier molecular flexibility index (Phi) is 4.93. The number of ether oxygens (including phenoxy) is 1. The van der Waals surface area contributed by atoms with E-state index in [0.717, 1.165) is 16.9 Å². The van der Waals surface area contributed by atoms with Crippen molar-refractivity contribution in [2.24, 2.45) is 21.7 Å². The molecule has 0 aliphatic heterocycles. The van der Waals surface area contributed by atoms with E-state index < -0.39 is 0 Å². The molecule has 5 nitrogen and oxygen atoms in total. The van der Waals surface area contributed by atoms with Gasteiger partial charge >= 0.3 is 0 Å². The molecule has 0 aromatic heterocycles. The summed E-state index contributed by atoms with van der Waals surface area (Å²) in [6, 6.07) is 15.8. The van der Waals surface area contributed by atoms with E-state index in [-0.39, 0.29) is 5.96 Å². The predicted octanol–water partition coefficient (Wildman–Crippen LogP) is 2.18. The molecule has 0 amide bonds. The highest BCUT2D eigenvalue weighted by atomic mass is 16.5. The third kappa shape index (κ3) is 4.65. The Morgan fingerprint density at radius 2 is 1.95 bits per heavy atom. The molecule has 0 radical (unpaired) electrons. The fraction of sp³-hybridized carbons (Fsp3) is 0.125. The maximum absolute atomic E-state index is 5.83. The Bertz CT molecular complexity index is 661.